The third-order valence-electron chi connectivity index (χ3n) is 3.21. The van der Waals surface area contributed by atoms with Crippen LogP contribution >= 0.6 is 0 Å². The van der Waals surface area contributed by atoms with Gasteiger partial charge in [-0.25, -0.2) is 4.98 Å². The number of hydrogen-bond donors (Lipinski definition) is 3. The molecule has 0 aliphatic rings. The number of phenols is 2. The summed E-state index contributed by atoms with van der Waals surface area (Å²) in [4.78, 5) is 18.4. The van der Waals surface area contributed by atoms with Crippen LogP contribution in [0.25, 0.3) is 0 Å². The maximum absolute atomic E-state index is 11.7. The second-order valence-electron chi connectivity index (χ2n) is 5.09. The molecule has 0 bridgehead atoms. The lowest BCUT2D eigenvalue weighted by Crippen LogP contribution is -2.12. The van der Waals surface area contributed by atoms with Gasteiger partial charge in [0, 0.05) is 12.5 Å². The molecule has 2 aromatic rings. The minimum Gasteiger partial charge on any atom is -0.504 e. The van der Waals surface area contributed by atoms with E-state index < -0.39 is 0 Å². The van der Waals surface area contributed by atoms with Crippen LogP contribution in [0.1, 0.15) is 31.0 Å². The smallest absolute Gasteiger partial charge is 0.296 e. The number of benzene rings is 1. The van der Waals surface area contributed by atoms with Crippen molar-refractivity contribution < 1.29 is 19.7 Å². The Kier molecular flexibility index (Phi) is 5.46. The topological polar surface area (TPSA) is 105 Å². The molecule has 124 valence electrons. The Bertz CT molecular complexity index is 704. The van der Waals surface area contributed by atoms with E-state index >= 15 is 0 Å². The lowest BCUT2D eigenvalue weighted by atomic mass is 10.1. The molecule has 0 fully saturated rings. The number of nitrogens with one attached hydrogen (secondary N) is 1. The third-order valence-corrected chi connectivity index (χ3v) is 3.21. The normalized spacial score (nSPS) is 10.5. The summed E-state index contributed by atoms with van der Waals surface area (Å²) in [5.41, 5.74) is 0.756. The summed E-state index contributed by atoms with van der Waals surface area (Å²) in [7, 11) is 1.35. The summed E-state index contributed by atoms with van der Waals surface area (Å²) >= 11 is 0. The highest BCUT2D eigenvalue weighted by Gasteiger charge is 2.11. The van der Waals surface area contributed by atoms with Crippen molar-refractivity contribution in [2.24, 2.45) is 0 Å². The van der Waals surface area contributed by atoms with Crippen molar-refractivity contribution in [2.45, 2.75) is 26.2 Å². The molecule has 0 radical (unpaired) electrons. The number of methoxy groups -OCH3 is 1. The Morgan fingerprint density at radius 2 is 1.91 bits per heavy atom. The van der Waals surface area contributed by atoms with Crippen LogP contribution in [0.5, 0.6) is 23.3 Å². The van der Waals surface area contributed by atoms with E-state index in [0.29, 0.717) is 17.9 Å². The Balaban J connectivity index is 2.21. The van der Waals surface area contributed by atoms with Crippen LogP contribution in [0.2, 0.25) is 0 Å². The summed E-state index contributed by atoms with van der Waals surface area (Å²) in [5, 5.41) is 19.6. The van der Waals surface area contributed by atoms with Crippen LogP contribution < -0.4 is 15.0 Å². The lowest BCUT2D eigenvalue weighted by molar-refractivity contribution is 0.283. The SMILES string of the molecule is CCCCOc1nc(Cc2cc(O)c(OC)c(O)c2)cc(=O)[nH]1. The average molecular weight is 320 g/mol. The molecule has 0 atom stereocenters. The van der Waals surface area contributed by atoms with Crippen molar-refractivity contribution >= 4 is 0 Å². The molecule has 0 spiro atoms. The highest BCUT2D eigenvalue weighted by molar-refractivity contribution is 5.52. The number of ether oxygens (including phenoxy) is 2. The monoisotopic (exact) mass is 320 g/mol. The minimum atomic E-state index is -0.316. The minimum absolute atomic E-state index is 0.0104. The molecule has 7 nitrogen and oxygen atoms in total. The summed E-state index contributed by atoms with van der Waals surface area (Å²) in [6.07, 6.45) is 2.11. The highest BCUT2D eigenvalue weighted by atomic mass is 16.5. The molecule has 0 aliphatic heterocycles. The summed E-state index contributed by atoms with van der Waals surface area (Å²) in [6.45, 7) is 2.52. The van der Waals surface area contributed by atoms with Crippen molar-refractivity contribution in [3.8, 4) is 23.3 Å². The fourth-order valence-corrected chi connectivity index (χ4v) is 2.13. The molecule has 1 aromatic carbocycles. The van der Waals surface area contributed by atoms with E-state index in [0.717, 1.165) is 12.8 Å². The van der Waals surface area contributed by atoms with Crippen molar-refractivity contribution in [1.82, 2.24) is 9.97 Å². The molecule has 2 rings (SSSR count). The maximum Gasteiger partial charge on any atom is 0.296 e. The average Bonchev–Trinajstić information content (AvgIpc) is 2.46. The van der Waals surface area contributed by atoms with Gasteiger partial charge in [-0.1, -0.05) is 13.3 Å². The Labute approximate surface area is 133 Å². The number of aromatic hydroxyl groups is 2. The predicted molar refractivity (Wildman–Crippen MR) is 84.4 cm³/mol. The second-order valence-corrected chi connectivity index (χ2v) is 5.09. The number of rotatable bonds is 7. The quantitative estimate of drug-likeness (QED) is 0.674. The highest BCUT2D eigenvalue weighted by Crippen LogP contribution is 2.36. The molecule has 1 heterocycles. The number of aromatic nitrogens is 2. The van der Waals surface area contributed by atoms with Gasteiger partial charge in [-0.2, -0.15) is 0 Å². The molecule has 0 unspecified atom stereocenters. The van der Waals surface area contributed by atoms with Gasteiger partial charge in [-0.15, -0.1) is 0 Å². The summed E-state index contributed by atoms with van der Waals surface area (Å²) in [5.74, 6) is -0.338. The van der Waals surface area contributed by atoms with Gasteiger partial charge in [0.1, 0.15) is 0 Å². The fourth-order valence-electron chi connectivity index (χ4n) is 2.13. The van der Waals surface area contributed by atoms with Gasteiger partial charge in [-0.3, -0.25) is 9.78 Å². The van der Waals surface area contributed by atoms with Crippen LogP contribution in [0.15, 0.2) is 23.0 Å². The number of nitrogens with zero attached hydrogens (tertiary/aromatic N) is 1. The van der Waals surface area contributed by atoms with Crippen molar-refractivity contribution in [3.63, 3.8) is 0 Å². The van der Waals surface area contributed by atoms with E-state index in [4.69, 9.17) is 9.47 Å². The molecule has 7 heteroatoms. The lowest BCUT2D eigenvalue weighted by Gasteiger charge is -2.09. The van der Waals surface area contributed by atoms with E-state index in [2.05, 4.69) is 9.97 Å². The number of unbranched alkanes of at least 4 members (excludes halogenated alkanes) is 1. The molecule has 3 N–H and O–H groups in total. The maximum atomic E-state index is 11.7. The number of hydrogen-bond acceptors (Lipinski definition) is 6. The molecule has 0 amide bonds. The molecule has 23 heavy (non-hydrogen) atoms. The van der Waals surface area contributed by atoms with Crippen LogP contribution in [0, 0.1) is 0 Å². The van der Waals surface area contributed by atoms with Gasteiger partial charge in [0.15, 0.2) is 11.5 Å². The van der Waals surface area contributed by atoms with E-state index in [1.807, 2.05) is 6.92 Å². The first-order valence-electron chi connectivity index (χ1n) is 7.35. The fraction of sp³-hybridized carbons (Fsp3) is 0.375. The first-order valence-corrected chi connectivity index (χ1v) is 7.35. The van der Waals surface area contributed by atoms with Crippen molar-refractivity contribution in [1.29, 1.82) is 0 Å². The predicted octanol–water partition coefficient (Wildman–Crippen LogP) is 1.96. The van der Waals surface area contributed by atoms with E-state index in [1.165, 1.54) is 25.3 Å². The zero-order chi connectivity index (χ0) is 16.8. The van der Waals surface area contributed by atoms with Gasteiger partial charge < -0.3 is 19.7 Å². The molecule has 1 aromatic heterocycles. The Morgan fingerprint density at radius 3 is 2.52 bits per heavy atom. The van der Waals surface area contributed by atoms with E-state index in [1.54, 1.807) is 0 Å². The largest absolute Gasteiger partial charge is 0.504 e. The Hall–Kier alpha value is -2.70. The number of H-pyrrole nitrogens is 1. The van der Waals surface area contributed by atoms with Gasteiger partial charge in [-0.05, 0) is 24.1 Å². The molecule has 0 saturated carbocycles. The third kappa shape index (κ3) is 4.38. The van der Waals surface area contributed by atoms with E-state index in [9.17, 15) is 15.0 Å². The first-order chi connectivity index (χ1) is 11.0. The van der Waals surface area contributed by atoms with Crippen LogP contribution in [-0.4, -0.2) is 33.9 Å². The van der Waals surface area contributed by atoms with E-state index in [-0.39, 0.29) is 35.2 Å². The molecular weight excluding hydrogens is 300 g/mol. The number of phenolic OH excluding ortho intramolecular Hbond substituents is 2. The van der Waals surface area contributed by atoms with Crippen LogP contribution in [-0.2, 0) is 6.42 Å². The van der Waals surface area contributed by atoms with Gasteiger partial charge in [0.05, 0.1) is 19.4 Å². The standard InChI is InChI=1S/C16H20N2O5/c1-3-4-5-23-16-17-11(9-14(21)18-16)6-10-7-12(19)15(22-2)13(20)8-10/h7-9,19-20H,3-6H2,1-2H3,(H,17,18,21). The number of aromatic amines is 1. The van der Waals surface area contributed by atoms with Crippen LogP contribution in [0.4, 0.5) is 0 Å². The molecular formula is C16H20N2O5. The second kappa shape index (κ2) is 7.53. The summed E-state index contributed by atoms with van der Waals surface area (Å²) < 4.78 is 10.3. The zero-order valence-electron chi connectivity index (χ0n) is 13.1. The molecule has 0 saturated heterocycles. The molecule has 0 aliphatic carbocycles. The zero-order valence-corrected chi connectivity index (χ0v) is 13.1. The van der Waals surface area contributed by atoms with Crippen molar-refractivity contribution in [3.05, 3.63) is 39.8 Å². The van der Waals surface area contributed by atoms with Gasteiger partial charge in [0.2, 0.25) is 5.75 Å². The van der Waals surface area contributed by atoms with Crippen LogP contribution in [0.3, 0.4) is 0 Å². The van der Waals surface area contributed by atoms with Crippen molar-refractivity contribution in [2.75, 3.05) is 13.7 Å². The van der Waals surface area contributed by atoms with Gasteiger partial charge in [0.25, 0.3) is 11.6 Å². The first kappa shape index (κ1) is 16.7. The van der Waals surface area contributed by atoms with Gasteiger partial charge >= 0.3 is 0 Å². The Morgan fingerprint density at radius 1 is 1.22 bits per heavy atom. The summed E-state index contributed by atoms with van der Waals surface area (Å²) in [6, 6.07) is 4.44.